The zero-order chi connectivity index (χ0) is 9.61. The first-order valence-corrected chi connectivity index (χ1v) is 5.87. The lowest BCUT2D eigenvalue weighted by Crippen LogP contribution is -2.08. The molecule has 0 amide bonds. The largest absolute Gasteiger partial charge is 0.332 e. The SMILES string of the molecule is CCCP(=O)(OC)OC(F)CCl. The van der Waals surface area contributed by atoms with Gasteiger partial charge in [-0.05, 0) is 6.42 Å². The fourth-order valence-corrected chi connectivity index (χ4v) is 2.16. The first-order chi connectivity index (χ1) is 5.58. The molecule has 0 bridgehead atoms. The molecule has 0 rings (SSSR count). The van der Waals surface area contributed by atoms with Gasteiger partial charge in [0, 0.05) is 13.3 Å². The molecule has 0 fully saturated rings. The summed E-state index contributed by atoms with van der Waals surface area (Å²) >= 11 is 5.14. The van der Waals surface area contributed by atoms with E-state index in [2.05, 4.69) is 9.05 Å². The molecule has 0 radical (unpaired) electrons. The number of halogens is 2. The highest BCUT2D eigenvalue weighted by Gasteiger charge is 2.25. The maximum absolute atomic E-state index is 12.5. The fraction of sp³-hybridized carbons (Fsp3) is 1.00. The van der Waals surface area contributed by atoms with Crippen LogP contribution in [0.5, 0.6) is 0 Å². The zero-order valence-corrected chi connectivity index (χ0v) is 8.78. The summed E-state index contributed by atoms with van der Waals surface area (Å²) in [5.74, 6) is -0.336. The van der Waals surface area contributed by atoms with Crippen LogP contribution in [0.1, 0.15) is 13.3 Å². The van der Waals surface area contributed by atoms with Crippen LogP contribution in [0, 0.1) is 0 Å². The lowest BCUT2D eigenvalue weighted by molar-refractivity contribution is 0.0704. The van der Waals surface area contributed by atoms with Crippen LogP contribution in [0.2, 0.25) is 0 Å². The van der Waals surface area contributed by atoms with Crippen LogP contribution in [-0.2, 0) is 13.6 Å². The predicted molar refractivity (Wildman–Crippen MR) is 46.5 cm³/mol. The van der Waals surface area contributed by atoms with Crippen LogP contribution in [0.25, 0.3) is 0 Å². The Kier molecular flexibility index (Phi) is 6.10. The van der Waals surface area contributed by atoms with E-state index in [9.17, 15) is 8.96 Å². The third kappa shape index (κ3) is 4.41. The van der Waals surface area contributed by atoms with E-state index in [1.807, 2.05) is 6.92 Å². The Morgan fingerprint density at radius 1 is 1.67 bits per heavy atom. The summed E-state index contributed by atoms with van der Waals surface area (Å²) < 4.78 is 33.0. The van der Waals surface area contributed by atoms with Gasteiger partial charge < -0.3 is 4.52 Å². The summed E-state index contributed by atoms with van der Waals surface area (Å²) in [4.78, 5) is 0. The molecule has 0 aromatic carbocycles. The number of hydrogen-bond donors (Lipinski definition) is 0. The van der Waals surface area contributed by atoms with Crippen molar-refractivity contribution in [1.82, 2.24) is 0 Å². The van der Waals surface area contributed by atoms with E-state index >= 15 is 0 Å². The summed E-state index contributed by atoms with van der Waals surface area (Å²) in [6.45, 7) is 1.81. The van der Waals surface area contributed by atoms with Gasteiger partial charge in [0.15, 0.2) is 0 Å². The predicted octanol–water partition coefficient (Wildman–Crippen LogP) is 2.79. The van der Waals surface area contributed by atoms with Gasteiger partial charge in [0.05, 0.1) is 5.88 Å². The van der Waals surface area contributed by atoms with Crippen molar-refractivity contribution in [2.75, 3.05) is 19.2 Å². The molecule has 0 saturated heterocycles. The lowest BCUT2D eigenvalue weighted by Gasteiger charge is -2.16. The zero-order valence-electron chi connectivity index (χ0n) is 7.13. The first kappa shape index (κ1) is 12.4. The minimum Gasteiger partial charge on any atom is -0.312 e. The van der Waals surface area contributed by atoms with Crippen LogP contribution in [0.3, 0.4) is 0 Å². The van der Waals surface area contributed by atoms with Crippen molar-refractivity contribution in [3.05, 3.63) is 0 Å². The molecular formula is C6H13ClFO3P. The second-order valence-electron chi connectivity index (χ2n) is 2.19. The van der Waals surface area contributed by atoms with E-state index in [1.165, 1.54) is 7.11 Å². The van der Waals surface area contributed by atoms with Crippen molar-refractivity contribution in [3.8, 4) is 0 Å². The average molecular weight is 219 g/mol. The average Bonchev–Trinajstić information content (AvgIpc) is 2.05. The van der Waals surface area contributed by atoms with Gasteiger partial charge in [0.1, 0.15) is 0 Å². The molecule has 0 saturated carbocycles. The Morgan fingerprint density at radius 2 is 2.25 bits per heavy atom. The van der Waals surface area contributed by atoms with Crippen LogP contribution < -0.4 is 0 Å². The standard InChI is InChI=1S/C6H13ClFO3P/c1-3-4-12(9,10-2)11-6(8)5-7/h6H,3-5H2,1-2H3. The molecule has 0 aromatic heterocycles. The maximum atomic E-state index is 12.5. The molecule has 3 nitrogen and oxygen atoms in total. The normalized spacial score (nSPS) is 18.7. The molecule has 12 heavy (non-hydrogen) atoms. The first-order valence-electron chi connectivity index (χ1n) is 3.61. The van der Waals surface area contributed by atoms with E-state index in [-0.39, 0.29) is 12.0 Å². The highest BCUT2D eigenvalue weighted by atomic mass is 35.5. The van der Waals surface area contributed by atoms with E-state index < -0.39 is 14.0 Å². The monoisotopic (exact) mass is 218 g/mol. The summed E-state index contributed by atoms with van der Waals surface area (Å²) in [5.41, 5.74) is 0. The van der Waals surface area contributed by atoms with Crippen molar-refractivity contribution >= 4 is 19.2 Å². The van der Waals surface area contributed by atoms with Crippen LogP contribution in [0.4, 0.5) is 4.39 Å². The number of rotatable bonds is 6. The van der Waals surface area contributed by atoms with Crippen molar-refractivity contribution in [1.29, 1.82) is 0 Å². The Hall–Kier alpha value is 0.370. The van der Waals surface area contributed by atoms with Crippen molar-refractivity contribution in [2.24, 2.45) is 0 Å². The van der Waals surface area contributed by atoms with Gasteiger partial charge in [-0.2, -0.15) is 0 Å². The van der Waals surface area contributed by atoms with Gasteiger partial charge in [-0.1, -0.05) is 6.92 Å². The topological polar surface area (TPSA) is 35.5 Å². The summed E-state index contributed by atoms with van der Waals surface area (Å²) in [6, 6.07) is 0. The highest BCUT2D eigenvalue weighted by Crippen LogP contribution is 2.49. The minimum atomic E-state index is -3.23. The van der Waals surface area contributed by atoms with E-state index in [4.69, 9.17) is 11.6 Å². The molecule has 2 atom stereocenters. The Labute approximate surface area is 76.7 Å². The van der Waals surface area contributed by atoms with Gasteiger partial charge in [-0.3, -0.25) is 9.09 Å². The van der Waals surface area contributed by atoms with Gasteiger partial charge in [0.25, 0.3) is 0 Å². The van der Waals surface area contributed by atoms with Crippen molar-refractivity contribution in [3.63, 3.8) is 0 Å². The summed E-state index contributed by atoms with van der Waals surface area (Å²) in [5, 5.41) is 0. The second kappa shape index (κ2) is 5.92. The molecule has 0 aliphatic carbocycles. The molecule has 2 unspecified atom stereocenters. The van der Waals surface area contributed by atoms with E-state index in [0.717, 1.165) is 0 Å². The molecule has 0 aliphatic heterocycles. The third-order valence-corrected chi connectivity index (χ3v) is 3.52. The minimum absolute atomic E-state index is 0.209. The highest BCUT2D eigenvalue weighted by molar-refractivity contribution is 7.53. The Balaban J connectivity index is 4.04. The lowest BCUT2D eigenvalue weighted by atomic mass is 10.6. The molecular weight excluding hydrogens is 205 g/mol. The smallest absolute Gasteiger partial charge is 0.312 e. The van der Waals surface area contributed by atoms with Crippen molar-refractivity contribution < 1.29 is 18.0 Å². The van der Waals surface area contributed by atoms with Crippen LogP contribution in [0.15, 0.2) is 0 Å². The van der Waals surface area contributed by atoms with Crippen LogP contribution >= 0.6 is 19.2 Å². The number of alkyl halides is 2. The van der Waals surface area contributed by atoms with E-state index in [1.54, 1.807) is 0 Å². The molecule has 74 valence electrons. The quantitative estimate of drug-likeness (QED) is 0.508. The molecule has 6 heteroatoms. The Morgan fingerprint density at radius 3 is 2.58 bits per heavy atom. The molecule has 0 heterocycles. The summed E-state index contributed by atoms with van der Waals surface area (Å²) in [7, 11) is -2.00. The third-order valence-electron chi connectivity index (χ3n) is 1.17. The van der Waals surface area contributed by atoms with Gasteiger partial charge in [-0.25, -0.2) is 4.39 Å². The molecule has 0 N–H and O–H groups in total. The van der Waals surface area contributed by atoms with Gasteiger partial charge in [0.2, 0.25) is 6.36 Å². The van der Waals surface area contributed by atoms with Gasteiger partial charge in [-0.15, -0.1) is 11.6 Å². The second-order valence-corrected chi connectivity index (χ2v) is 4.74. The number of hydrogen-bond acceptors (Lipinski definition) is 3. The van der Waals surface area contributed by atoms with Gasteiger partial charge >= 0.3 is 7.60 Å². The van der Waals surface area contributed by atoms with Crippen LogP contribution in [-0.4, -0.2) is 25.5 Å². The van der Waals surface area contributed by atoms with E-state index in [0.29, 0.717) is 6.42 Å². The molecule has 0 aliphatic rings. The molecule has 0 spiro atoms. The van der Waals surface area contributed by atoms with Crippen molar-refractivity contribution in [2.45, 2.75) is 19.7 Å². The molecule has 0 aromatic rings. The maximum Gasteiger partial charge on any atom is 0.332 e. The Bertz CT molecular complexity index is 167. The fourth-order valence-electron chi connectivity index (χ4n) is 0.663. The summed E-state index contributed by atoms with van der Waals surface area (Å²) in [6.07, 6.45) is -0.898.